The Morgan fingerprint density at radius 1 is 1.50 bits per heavy atom. The van der Waals surface area contributed by atoms with Gasteiger partial charge in [-0.1, -0.05) is 5.16 Å². The molecule has 2 rings (SSSR count). The van der Waals surface area contributed by atoms with Crippen molar-refractivity contribution in [3.05, 3.63) is 18.0 Å². The average Bonchev–Trinajstić information content (AvgIpc) is 2.76. The van der Waals surface area contributed by atoms with Crippen LogP contribution in [0.25, 0.3) is 0 Å². The number of carbonyl (C=O) groups is 1. The van der Waals surface area contributed by atoms with Gasteiger partial charge in [0.25, 0.3) is 5.91 Å². The van der Waals surface area contributed by atoms with Gasteiger partial charge < -0.3 is 19.6 Å². The van der Waals surface area contributed by atoms with Gasteiger partial charge in [0.2, 0.25) is 0 Å². The number of hydrogen-bond donors (Lipinski definition) is 2. The average molecular weight is 198 g/mol. The summed E-state index contributed by atoms with van der Waals surface area (Å²) in [5, 5.41) is 21.9. The maximum atomic E-state index is 11.6. The minimum atomic E-state index is -0.870. The summed E-state index contributed by atoms with van der Waals surface area (Å²) in [6.07, 6.45) is -0.437. The van der Waals surface area contributed by atoms with Crippen LogP contribution in [0.1, 0.15) is 10.5 Å². The van der Waals surface area contributed by atoms with E-state index in [9.17, 15) is 15.0 Å². The number of aliphatic hydroxyl groups excluding tert-OH is 2. The fraction of sp³-hybridized carbons (Fsp3) is 0.500. The molecule has 1 saturated heterocycles. The molecule has 6 heteroatoms. The van der Waals surface area contributed by atoms with Gasteiger partial charge in [-0.25, -0.2) is 0 Å². The molecule has 2 atom stereocenters. The summed E-state index contributed by atoms with van der Waals surface area (Å²) >= 11 is 0. The third-order valence-corrected chi connectivity index (χ3v) is 2.20. The van der Waals surface area contributed by atoms with Crippen molar-refractivity contribution in [1.29, 1.82) is 0 Å². The number of aliphatic hydroxyl groups is 2. The van der Waals surface area contributed by atoms with E-state index in [4.69, 9.17) is 0 Å². The van der Waals surface area contributed by atoms with Crippen LogP contribution in [0.15, 0.2) is 16.9 Å². The number of carbonyl (C=O) groups excluding carboxylic acids is 1. The molecule has 2 unspecified atom stereocenters. The first-order valence-corrected chi connectivity index (χ1v) is 4.24. The van der Waals surface area contributed by atoms with Gasteiger partial charge in [0, 0.05) is 19.2 Å². The minimum Gasteiger partial charge on any atom is -0.388 e. The van der Waals surface area contributed by atoms with Crippen molar-refractivity contribution in [3.63, 3.8) is 0 Å². The maximum Gasteiger partial charge on any atom is 0.276 e. The molecule has 6 nitrogen and oxygen atoms in total. The van der Waals surface area contributed by atoms with Crippen molar-refractivity contribution in [2.75, 3.05) is 13.1 Å². The van der Waals surface area contributed by atoms with Crippen LogP contribution in [-0.4, -0.2) is 51.5 Å². The first kappa shape index (κ1) is 9.17. The van der Waals surface area contributed by atoms with Crippen LogP contribution >= 0.6 is 0 Å². The maximum absolute atomic E-state index is 11.6. The van der Waals surface area contributed by atoms with Gasteiger partial charge in [0.15, 0.2) is 5.69 Å². The molecule has 1 aromatic rings. The Morgan fingerprint density at radius 3 is 2.64 bits per heavy atom. The second-order valence-electron chi connectivity index (χ2n) is 3.23. The molecule has 76 valence electrons. The van der Waals surface area contributed by atoms with Crippen LogP contribution in [0, 0.1) is 0 Å². The third-order valence-electron chi connectivity index (χ3n) is 2.20. The van der Waals surface area contributed by atoms with E-state index < -0.39 is 12.2 Å². The molecule has 0 radical (unpaired) electrons. The first-order valence-electron chi connectivity index (χ1n) is 4.24. The number of aromatic nitrogens is 1. The van der Waals surface area contributed by atoms with Gasteiger partial charge in [0.05, 0.1) is 12.2 Å². The number of β-amino-alcohol motifs (C(OH)–C–C–N with tert-alkyl or cyclic N) is 2. The second kappa shape index (κ2) is 3.39. The van der Waals surface area contributed by atoms with E-state index in [2.05, 4.69) is 9.68 Å². The van der Waals surface area contributed by atoms with Gasteiger partial charge in [0.1, 0.15) is 6.26 Å². The highest BCUT2D eigenvalue weighted by molar-refractivity contribution is 5.92. The predicted molar refractivity (Wildman–Crippen MR) is 44.4 cm³/mol. The SMILES string of the molecule is O=C(c1ccon1)N1CC(O)C(O)C1. The standard InChI is InChI=1S/C8H10N2O4/c11-6-3-10(4-7(6)12)8(13)5-1-2-14-9-5/h1-2,6-7,11-12H,3-4H2. The van der Waals surface area contributed by atoms with Crippen molar-refractivity contribution in [2.45, 2.75) is 12.2 Å². The first-order chi connectivity index (χ1) is 6.68. The number of amides is 1. The summed E-state index contributed by atoms with van der Waals surface area (Å²) in [5.41, 5.74) is 0.186. The smallest absolute Gasteiger partial charge is 0.276 e. The Bertz CT molecular complexity index is 314. The largest absolute Gasteiger partial charge is 0.388 e. The van der Waals surface area contributed by atoms with Crippen LogP contribution in [0.4, 0.5) is 0 Å². The third kappa shape index (κ3) is 1.49. The summed E-state index contributed by atoms with van der Waals surface area (Å²) in [7, 11) is 0. The molecule has 1 fully saturated rings. The van der Waals surface area contributed by atoms with Crippen LogP contribution in [-0.2, 0) is 0 Å². The number of likely N-dealkylation sites (tertiary alicyclic amines) is 1. The van der Waals surface area contributed by atoms with Crippen molar-refractivity contribution < 1.29 is 19.5 Å². The molecule has 2 N–H and O–H groups in total. The minimum absolute atomic E-state index is 0.132. The van der Waals surface area contributed by atoms with Gasteiger partial charge >= 0.3 is 0 Å². The highest BCUT2D eigenvalue weighted by Crippen LogP contribution is 2.12. The lowest BCUT2D eigenvalue weighted by Gasteiger charge is -2.12. The summed E-state index contributed by atoms with van der Waals surface area (Å²) in [6.45, 7) is 0.264. The van der Waals surface area contributed by atoms with E-state index in [0.29, 0.717) is 0 Å². The molecule has 1 amide bonds. The Morgan fingerprint density at radius 2 is 2.14 bits per heavy atom. The van der Waals surface area contributed by atoms with E-state index >= 15 is 0 Å². The normalized spacial score (nSPS) is 26.9. The molecule has 0 spiro atoms. The van der Waals surface area contributed by atoms with Crippen molar-refractivity contribution >= 4 is 5.91 Å². The lowest BCUT2D eigenvalue weighted by Crippen LogP contribution is -2.29. The fourth-order valence-electron chi connectivity index (χ4n) is 1.42. The van der Waals surface area contributed by atoms with E-state index in [-0.39, 0.29) is 24.7 Å². The summed E-state index contributed by atoms with van der Waals surface area (Å²) in [6, 6.07) is 1.44. The van der Waals surface area contributed by atoms with Gasteiger partial charge in [-0.3, -0.25) is 4.79 Å². The molecule has 2 heterocycles. The Labute approximate surface area is 79.7 Å². The summed E-state index contributed by atoms with van der Waals surface area (Å²) < 4.78 is 4.53. The molecule has 14 heavy (non-hydrogen) atoms. The summed E-state index contributed by atoms with van der Waals surface area (Å²) in [4.78, 5) is 12.9. The topological polar surface area (TPSA) is 86.8 Å². The molecular formula is C8H10N2O4. The number of hydrogen-bond acceptors (Lipinski definition) is 5. The van der Waals surface area contributed by atoms with Crippen LogP contribution in [0.5, 0.6) is 0 Å². The van der Waals surface area contributed by atoms with Gasteiger partial charge in [-0.15, -0.1) is 0 Å². The van der Waals surface area contributed by atoms with Crippen LogP contribution in [0.3, 0.4) is 0 Å². The molecular weight excluding hydrogens is 188 g/mol. The number of nitrogens with zero attached hydrogens (tertiary/aromatic N) is 2. The monoisotopic (exact) mass is 198 g/mol. The molecule has 0 aliphatic carbocycles. The van der Waals surface area contributed by atoms with E-state index in [1.54, 1.807) is 0 Å². The van der Waals surface area contributed by atoms with Crippen molar-refractivity contribution in [3.8, 4) is 0 Å². The Hall–Kier alpha value is -1.40. The Balaban J connectivity index is 2.07. The zero-order valence-electron chi connectivity index (χ0n) is 7.33. The van der Waals surface area contributed by atoms with E-state index in [1.165, 1.54) is 17.2 Å². The highest BCUT2D eigenvalue weighted by Gasteiger charge is 2.33. The molecule has 0 saturated carbocycles. The van der Waals surface area contributed by atoms with E-state index in [0.717, 1.165) is 0 Å². The predicted octanol–water partition coefficient (Wildman–Crippen LogP) is -1.15. The van der Waals surface area contributed by atoms with Crippen molar-refractivity contribution in [2.24, 2.45) is 0 Å². The molecule has 0 bridgehead atoms. The molecule has 1 aliphatic heterocycles. The van der Waals surface area contributed by atoms with Crippen molar-refractivity contribution in [1.82, 2.24) is 10.1 Å². The fourth-order valence-corrected chi connectivity index (χ4v) is 1.42. The van der Waals surface area contributed by atoms with Gasteiger partial charge in [-0.2, -0.15) is 0 Å². The second-order valence-corrected chi connectivity index (χ2v) is 3.23. The van der Waals surface area contributed by atoms with Crippen LogP contribution < -0.4 is 0 Å². The Kier molecular flexibility index (Phi) is 2.22. The molecule has 1 aromatic heterocycles. The lowest BCUT2D eigenvalue weighted by atomic mass is 10.3. The zero-order valence-corrected chi connectivity index (χ0v) is 7.33. The van der Waals surface area contributed by atoms with E-state index in [1.807, 2.05) is 0 Å². The summed E-state index contributed by atoms with van der Waals surface area (Å²) in [5.74, 6) is -0.339. The number of rotatable bonds is 1. The van der Waals surface area contributed by atoms with Gasteiger partial charge in [-0.05, 0) is 0 Å². The lowest BCUT2D eigenvalue weighted by molar-refractivity contribution is 0.0572. The zero-order chi connectivity index (χ0) is 10.1. The highest BCUT2D eigenvalue weighted by atomic mass is 16.5. The quantitative estimate of drug-likeness (QED) is 0.595. The van der Waals surface area contributed by atoms with Crippen LogP contribution in [0.2, 0.25) is 0 Å². The molecule has 1 aliphatic rings. The molecule has 0 aromatic carbocycles.